The smallest absolute Gasteiger partial charge is 0.410 e. The molecule has 1 amide bonds. The molecule has 0 radical (unpaired) electrons. The average molecular weight is 485 g/mol. The molecule has 2 fully saturated rings. The van der Waals surface area contributed by atoms with Crippen LogP contribution in [0.25, 0.3) is 0 Å². The van der Waals surface area contributed by atoms with Crippen LogP contribution in [0.5, 0.6) is 11.5 Å². The zero-order valence-electron chi connectivity index (χ0n) is 17.6. The van der Waals surface area contributed by atoms with Crippen LogP contribution in [0, 0.1) is 11.2 Å². The molecule has 1 aromatic carbocycles. The number of carbonyl (C=O) groups excluding carboxylic acids is 1. The Morgan fingerprint density at radius 2 is 2.03 bits per heavy atom. The lowest BCUT2D eigenvalue weighted by Gasteiger charge is -2.61. The van der Waals surface area contributed by atoms with Gasteiger partial charge in [0.25, 0.3) is 9.05 Å². The second kappa shape index (κ2) is 7.82. The number of hydrogen-bond acceptors (Lipinski definition) is 8. The van der Waals surface area contributed by atoms with Crippen molar-refractivity contribution < 1.29 is 27.1 Å². The number of amides is 1. The highest BCUT2D eigenvalue weighted by Gasteiger charge is 2.60. The summed E-state index contributed by atoms with van der Waals surface area (Å²) in [6, 6.07) is 2.51. The molecular weight excluding hydrogens is 463 g/mol. The fraction of sp³-hybridized carbons (Fsp3) is 0.450. The Morgan fingerprint density at radius 3 is 2.62 bits per heavy atom. The maximum atomic E-state index is 13.6. The van der Waals surface area contributed by atoms with Crippen LogP contribution in [0.3, 0.4) is 0 Å². The summed E-state index contributed by atoms with van der Waals surface area (Å²) in [4.78, 5) is 22.2. The lowest BCUT2D eigenvalue weighted by atomic mass is 9.65. The molecule has 9 nitrogen and oxygen atoms in total. The molecule has 1 aromatic heterocycles. The third-order valence-corrected chi connectivity index (χ3v) is 6.66. The van der Waals surface area contributed by atoms with E-state index in [1.165, 1.54) is 12.5 Å². The normalized spacial score (nSPS) is 19.8. The lowest BCUT2D eigenvalue weighted by Crippen LogP contribution is -2.73. The fourth-order valence-electron chi connectivity index (χ4n) is 3.90. The molecule has 32 heavy (non-hydrogen) atoms. The number of nitrogens with one attached hydrogen (secondary N) is 1. The number of carbonyl (C=O) groups is 1. The first-order valence-corrected chi connectivity index (χ1v) is 12.1. The summed E-state index contributed by atoms with van der Waals surface area (Å²) in [5, 5.41) is 3.21. The zero-order valence-corrected chi connectivity index (χ0v) is 19.2. The predicted octanol–water partition coefficient (Wildman–Crippen LogP) is 3.22. The van der Waals surface area contributed by atoms with Crippen molar-refractivity contribution in [3.63, 3.8) is 0 Å². The van der Waals surface area contributed by atoms with Crippen molar-refractivity contribution in [1.82, 2.24) is 20.2 Å². The molecule has 4 rings (SSSR count). The van der Waals surface area contributed by atoms with Gasteiger partial charge in [-0.3, -0.25) is 4.90 Å². The highest BCUT2D eigenvalue weighted by atomic mass is 35.7. The number of likely N-dealkylation sites (tertiary alicyclic amines) is 1. The Labute approximate surface area is 189 Å². The number of nitrogens with zero attached hydrogens (tertiary/aromatic N) is 3. The van der Waals surface area contributed by atoms with Crippen LogP contribution in [0.15, 0.2) is 35.6 Å². The van der Waals surface area contributed by atoms with Gasteiger partial charge in [0, 0.05) is 35.7 Å². The van der Waals surface area contributed by atoms with Gasteiger partial charge >= 0.3 is 6.09 Å². The van der Waals surface area contributed by atoms with Gasteiger partial charge < -0.3 is 14.8 Å². The third-order valence-electron chi connectivity index (χ3n) is 5.31. The fourth-order valence-corrected chi connectivity index (χ4v) is 4.87. The summed E-state index contributed by atoms with van der Waals surface area (Å²) in [7, 11) is 1.17. The molecule has 0 aliphatic carbocycles. The third kappa shape index (κ3) is 4.24. The molecule has 172 valence electrons. The van der Waals surface area contributed by atoms with E-state index in [-0.39, 0.29) is 16.9 Å². The molecule has 3 heterocycles. The first-order chi connectivity index (χ1) is 14.9. The highest BCUT2D eigenvalue weighted by Crippen LogP contribution is 2.53. The largest absolute Gasteiger partial charge is 0.452 e. The molecular formula is C20H22ClFN4O5S. The lowest BCUT2D eigenvalue weighted by molar-refractivity contribution is -0.110. The number of hydrogen-bond donors (Lipinski definition) is 1. The molecule has 1 N–H and O–H groups in total. The number of ether oxygens (including phenoxy) is 2. The van der Waals surface area contributed by atoms with Crippen molar-refractivity contribution in [2.75, 3.05) is 19.6 Å². The number of aromatic nitrogens is 2. The van der Waals surface area contributed by atoms with E-state index >= 15 is 0 Å². The molecule has 1 unspecified atom stereocenters. The van der Waals surface area contributed by atoms with E-state index in [1.54, 1.807) is 25.7 Å². The number of rotatable bonds is 4. The van der Waals surface area contributed by atoms with Gasteiger partial charge in [0.2, 0.25) is 0 Å². The summed E-state index contributed by atoms with van der Waals surface area (Å²) in [5.74, 6) is -0.831. The summed E-state index contributed by atoms with van der Waals surface area (Å²) >= 11 is 0. The maximum Gasteiger partial charge on any atom is 0.410 e. The van der Waals surface area contributed by atoms with Crippen LogP contribution in [0.1, 0.15) is 32.5 Å². The Balaban J connectivity index is 1.71. The highest BCUT2D eigenvalue weighted by molar-refractivity contribution is 8.13. The van der Waals surface area contributed by atoms with Crippen LogP contribution in [-0.4, -0.2) is 54.6 Å². The average Bonchev–Trinajstić information content (AvgIpc) is 2.60. The molecule has 2 saturated heterocycles. The Bertz CT molecular complexity index is 1170. The van der Waals surface area contributed by atoms with Crippen molar-refractivity contribution in [3.8, 4) is 11.5 Å². The minimum atomic E-state index is -4.29. The molecule has 1 spiro atoms. The second-order valence-electron chi connectivity index (χ2n) is 8.88. The number of benzene rings is 1. The van der Waals surface area contributed by atoms with Crippen LogP contribution in [-0.2, 0) is 13.8 Å². The van der Waals surface area contributed by atoms with Crippen LogP contribution < -0.4 is 10.1 Å². The van der Waals surface area contributed by atoms with Gasteiger partial charge in [-0.25, -0.2) is 27.6 Å². The minimum absolute atomic E-state index is 0.130. The van der Waals surface area contributed by atoms with Crippen LogP contribution in [0.2, 0.25) is 0 Å². The van der Waals surface area contributed by atoms with Crippen molar-refractivity contribution in [1.29, 1.82) is 0 Å². The van der Waals surface area contributed by atoms with Gasteiger partial charge in [-0.15, -0.1) is 0 Å². The zero-order chi connectivity index (χ0) is 23.3. The Kier molecular flexibility index (Phi) is 5.54. The first kappa shape index (κ1) is 22.7. The van der Waals surface area contributed by atoms with Crippen molar-refractivity contribution >= 4 is 25.8 Å². The summed E-state index contributed by atoms with van der Waals surface area (Å²) in [6.45, 7) is 7.14. The van der Waals surface area contributed by atoms with Crippen molar-refractivity contribution in [2.24, 2.45) is 5.41 Å². The molecule has 1 atom stereocenters. The van der Waals surface area contributed by atoms with Gasteiger partial charge in [-0.05, 0) is 39.0 Å². The SMILES string of the molecule is CC(C)(C)OC(=O)N1CC2(CNC2)C1c1ncncc1Oc1ccc(F)cc1S(=O)(=O)Cl. The van der Waals surface area contributed by atoms with Crippen molar-refractivity contribution in [2.45, 2.75) is 37.3 Å². The predicted molar refractivity (Wildman–Crippen MR) is 113 cm³/mol. The van der Waals surface area contributed by atoms with Gasteiger partial charge in [0.05, 0.1) is 12.2 Å². The van der Waals surface area contributed by atoms with E-state index in [2.05, 4.69) is 15.3 Å². The van der Waals surface area contributed by atoms with E-state index in [4.69, 9.17) is 20.2 Å². The molecule has 2 aromatic rings. The summed E-state index contributed by atoms with van der Waals surface area (Å²) in [6.07, 6.45) is 2.19. The van der Waals surface area contributed by atoms with Gasteiger partial charge in [0.1, 0.15) is 34.1 Å². The van der Waals surface area contributed by atoms with E-state index in [9.17, 15) is 17.6 Å². The monoisotopic (exact) mass is 484 g/mol. The molecule has 12 heteroatoms. The minimum Gasteiger partial charge on any atom is -0.452 e. The topological polar surface area (TPSA) is 111 Å². The van der Waals surface area contributed by atoms with E-state index < -0.39 is 37.5 Å². The standard InChI is InChI=1S/C20H22ClFN4O5S/c1-19(2,3)31-18(27)26-10-20(8-24-9-20)17(26)16-14(7-23-11-25-16)30-13-5-4-12(22)6-15(13)32(21,28)29/h4-7,11,17,24H,8-10H2,1-3H3. The van der Waals surface area contributed by atoms with E-state index in [0.717, 1.165) is 18.2 Å². The number of halogens is 2. The first-order valence-electron chi connectivity index (χ1n) is 9.82. The summed E-state index contributed by atoms with van der Waals surface area (Å²) in [5.41, 5.74) is -0.542. The molecule has 2 aliphatic heterocycles. The van der Waals surface area contributed by atoms with Crippen LogP contribution >= 0.6 is 10.7 Å². The summed E-state index contributed by atoms with van der Waals surface area (Å²) < 4.78 is 48.8. The van der Waals surface area contributed by atoms with E-state index in [1.807, 2.05) is 0 Å². The Hall–Kier alpha value is -2.50. The Morgan fingerprint density at radius 1 is 1.31 bits per heavy atom. The van der Waals surface area contributed by atoms with Gasteiger partial charge in [-0.1, -0.05) is 0 Å². The van der Waals surface area contributed by atoms with Gasteiger partial charge in [0.15, 0.2) is 5.75 Å². The molecule has 0 bridgehead atoms. The van der Waals surface area contributed by atoms with Gasteiger partial charge in [-0.2, -0.15) is 0 Å². The molecule has 2 aliphatic rings. The molecule has 0 saturated carbocycles. The van der Waals surface area contributed by atoms with Crippen molar-refractivity contribution in [3.05, 3.63) is 42.2 Å². The van der Waals surface area contributed by atoms with E-state index in [0.29, 0.717) is 25.3 Å². The van der Waals surface area contributed by atoms with Crippen LogP contribution in [0.4, 0.5) is 9.18 Å². The second-order valence-corrected chi connectivity index (χ2v) is 11.4. The maximum absolute atomic E-state index is 13.6. The quantitative estimate of drug-likeness (QED) is 0.658.